The molecule has 6 heteroatoms. The zero-order valence-electron chi connectivity index (χ0n) is 21.6. The number of benzene rings is 2. The van der Waals surface area contributed by atoms with Crippen LogP contribution in [0.2, 0.25) is 0 Å². The van der Waals surface area contributed by atoms with E-state index in [9.17, 15) is 14.7 Å². The predicted molar refractivity (Wildman–Crippen MR) is 142 cm³/mol. The van der Waals surface area contributed by atoms with Crippen molar-refractivity contribution in [1.29, 1.82) is 0 Å². The molecule has 0 unspecified atom stereocenters. The normalized spacial score (nSPS) is 25.0. The van der Waals surface area contributed by atoms with E-state index in [1.807, 2.05) is 24.3 Å². The minimum atomic E-state index is -0.00481. The van der Waals surface area contributed by atoms with Crippen molar-refractivity contribution in [1.82, 2.24) is 14.7 Å². The monoisotopic (exact) mass is 489 g/mol. The molecule has 0 bridgehead atoms. The molecule has 1 saturated carbocycles. The molecule has 2 aromatic carbocycles. The maximum absolute atomic E-state index is 13.3. The number of carbonyl (C=O) groups excluding carboxylic acids is 2. The molecule has 0 spiro atoms. The van der Waals surface area contributed by atoms with Gasteiger partial charge in [-0.05, 0) is 61.1 Å². The molecule has 5 rings (SSSR count). The molecule has 0 radical (unpaired) electrons. The summed E-state index contributed by atoms with van der Waals surface area (Å²) in [5.41, 5.74) is 3.98. The molecule has 2 saturated heterocycles. The Bertz CT molecular complexity index is 1080. The molecule has 192 valence electrons. The summed E-state index contributed by atoms with van der Waals surface area (Å²) in [5, 5.41) is 10.3. The molecule has 2 amide bonds. The molecular weight excluding hydrogens is 450 g/mol. The molecule has 1 N–H and O–H groups in total. The van der Waals surface area contributed by atoms with E-state index in [1.54, 1.807) is 19.0 Å². The number of nitrogens with zero attached hydrogens (tertiary/aromatic N) is 3. The van der Waals surface area contributed by atoms with Crippen LogP contribution < -0.4 is 0 Å². The number of amides is 2. The molecule has 3 atom stereocenters. The number of aliphatic hydroxyl groups excluding tert-OH is 1. The van der Waals surface area contributed by atoms with Gasteiger partial charge in [0.25, 0.3) is 5.91 Å². The van der Waals surface area contributed by atoms with Crippen LogP contribution in [-0.2, 0) is 4.79 Å². The van der Waals surface area contributed by atoms with Crippen molar-refractivity contribution < 1.29 is 14.7 Å². The van der Waals surface area contributed by atoms with Crippen molar-refractivity contribution in [3.8, 4) is 11.1 Å². The molecule has 2 heterocycles. The van der Waals surface area contributed by atoms with Gasteiger partial charge in [-0.2, -0.15) is 0 Å². The summed E-state index contributed by atoms with van der Waals surface area (Å²) in [6, 6.07) is 16.7. The van der Waals surface area contributed by atoms with Gasteiger partial charge in [-0.25, -0.2) is 0 Å². The van der Waals surface area contributed by atoms with Crippen molar-refractivity contribution in [2.75, 3.05) is 40.3 Å². The number of fused-ring (bicyclic) bond motifs is 1. The fourth-order valence-corrected chi connectivity index (χ4v) is 6.56. The minimum Gasteiger partial charge on any atom is -0.395 e. The average molecular weight is 490 g/mol. The maximum atomic E-state index is 13.3. The molecule has 2 aliphatic heterocycles. The van der Waals surface area contributed by atoms with Gasteiger partial charge >= 0.3 is 0 Å². The molecule has 3 fully saturated rings. The maximum Gasteiger partial charge on any atom is 0.253 e. The fourth-order valence-electron chi connectivity index (χ4n) is 6.56. The van der Waals surface area contributed by atoms with Crippen LogP contribution in [0.5, 0.6) is 0 Å². The molecular formula is C30H39N3O3. The number of rotatable bonds is 5. The summed E-state index contributed by atoms with van der Waals surface area (Å²) < 4.78 is 0. The van der Waals surface area contributed by atoms with Crippen molar-refractivity contribution >= 4 is 11.8 Å². The first-order chi connectivity index (χ1) is 17.5. The highest BCUT2D eigenvalue weighted by atomic mass is 16.3. The fraction of sp³-hybridized carbons (Fsp3) is 0.533. The number of hydrogen-bond acceptors (Lipinski definition) is 4. The second kappa shape index (κ2) is 10.7. The van der Waals surface area contributed by atoms with Crippen LogP contribution in [0.1, 0.15) is 60.4 Å². The third kappa shape index (κ3) is 4.81. The Morgan fingerprint density at radius 3 is 2.36 bits per heavy atom. The van der Waals surface area contributed by atoms with Gasteiger partial charge in [0.05, 0.1) is 6.61 Å². The average Bonchev–Trinajstić information content (AvgIpc) is 3.42. The van der Waals surface area contributed by atoms with E-state index in [2.05, 4.69) is 34.1 Å². The highest BCUT2D eigenvalue weighted by Crippen LogP contribution is 2.42. The van der Waals surface area contributed by atoms with E-state index in [0.29, 0.717) is 11.5 Å². The first-order valence-corrected chi connectivity index (χ1v) is 13.6. The van der Waals surface area contributed by atoms with Gasteiger partial charge in [-0.15, -0.1) is 0 Å². The Morgan fingerprint density at radius 1 is 0.944 bits per heavy atom. The number of aliphatic hydroxyl groups is 1. The van der Waals surface area contributed by atoms with E-state index < -0.39 is 0 Å². The summed E-state index contributed by atoms with van der Waals surface area (Å²) >= 11 is 0. The first kappa shape index (κ1) is 25.0. The molecule has 2 aromatic rings. The second-order valence-electron chi connectivity index (χ2n) is 11.0. The topological polar surface area (TPSA) is 64.1 Å². The zero-order chi connectivity index (χ0) is 25.2. The van der Waals surface area contributed by atoms with Crippen LogP contribution in [0.15, 0.2) is 48.5 Å². The Balaban J connectivity index is 1.36. The zero-order valence-corrected chi connectivity index (χ0v) is 21.6. The third-order valence-corrected chi connectivity index (χ3v) is 8.53. The Kier molecular flexibility index (Phi) is 7.44. The largest absolute Gasteiger partial charge is 0.395 e. The molecule has 36 heavy (non-hydrogen) atoms. The molecule has 0 aromatic heterocycles. The van der Waals surface area contributed by atoms with Gasteiger partial charge in [0.2, 0.25) is 5.91 Å². The molecule has 6 nitrogen and oxygen atoms in total. The smallest absolute Gasteiger partial charge is 0.253 e. The summed E-state index contributed by atoms with van der Waals surface area (Å²) in [5.74, 6) is 0.764. The number of hydrogen-bond donors (Lipinski definition) is 1. The van der Waals surface area contributed by atoms with E-state index in [1.165, 1.54) is 18.4 Å². The summed E-state index contributed by atoms with van der Waals surface area (Å²) in [6.07, 6.45) is 6.52. The van der Waals surface area contributed by atoms with Gasteiger partial charge in [0, 0.05) is 56.7 Å². The van der Waals surface area contributed by atoms with Crippen LogP contribution in [-0.4, -0.2) is 84.0 Å². The van der Waals surface area contributed by atoms with Gasteiger partial charge in [-0.3, -0.25) is 14.5 Å². The van der Waals surface area contributed by atoms with Crippen molar-refractivity contribution in [3.63, 3.8) is 0 Å². The van der Waals surface area contributed by atoms with Gasteiger partial charge in [0.1, 0.15) is 0 Å². The van der Waals surface area contributed by atoms with Crippen LogP contribution in [0, 0.1) is 5.92 Å². The van der Waals surface area contributed by atoms with Crippen LogP contribution in [0.25, 0.3) is 11.1 Å². The Hall–Kier alpha value is -2.70. The van der Waals surface area contributed by atoms with Crippen LogP contribution in [0.4, 0.5) is 0 Å². The SMILES string of the molecule is CN(C)C(=O)c1cccc(-c2ccc([C@H]3[C@H](CO)N4CCCCN(C(=O)C5CCCC5)C[C@@H]34)cc2)c1. The summed E-state index contributed by atoms with van der Waals surface area (Å²) in [4.78, 5) is 31.8. The van der Waals surface area contributed by atoms with E-state index >= 15 is 0 Å². The standard InChI is InChI=1S/C30H39N3O3/c1-31(2)29(35)25-11-7-10-24(18-25)21-12-14-22(15-13-21)28-26-19-32(30(36)23-8-3-4-9-23)16-5-6-17-33(26)27(28)20-34/h7,10-15,18,23,26-28,34H,3-6,8-9,16-17,19-20H2,1-2H3/t26-,27-,28+/m0/s1. The summed E-state index contributed by atoms with van der Waals surface area (Å²) in [6.45, 7) is 2.74. The van der Waals surface area contributed by atoms with E-state index in [0.717, 1.165) is 56.4 Å². The molecule has 3 aliphatic rings. The lowest BCUT2D eigenvalue weighted by Gasteiger charge is -2.57. The Labute approximate surface area is 214 Å². The lowest BCUT2D eigenvalue weighted by atomic mass is 9.74. The highest BCUT2D eigenvalue weighted by Gasteiger charge is 2.49. The highest BCUT2D eigenvalue weighted by molar-refractivity contribution is 5.95. The first-order valence-electron chi connectivity index (χ1n) is 13.6. The second-order valence-corrected chi connectivity index (χ2v) is 11.0. The molecule has 1 aliphatic carbocycles. The lowest BCUT2D eigenvalue weighted by molar-refractivity contribution is -0.140. The summed E-state index contributed by atoms with van der Waals surface area (Å²) in [7, 11) is 3.53. The predicted octanol–water partition coefficient (Wildman–Crippen LogP) is 4.00. The lowest BCUT2D eigenvalue weighted by Crippen LogP contribution is -2.68. The third-order valence-electron chi connectivity index (χ3n) is 8.53. The van der Waals surface area contributed by atoms with Gasteiger partial charge < -0.3 is 14.9 Å². The van der Waals surface area contributed by atoms with Gasteiger partial charge in [-0.1, -0.05) is 49.2 Å². The van der Waals surface area contributed by atoms with Crippen LogP contribution in [0.3, 0.4) is 0 Å². The van der Waals surface area contributed by atoms with Crippen molar-refractivity contribution in [2.24, 2.45) is 5.92 Å². The van der Waals surface area contributed by atoms with E-state index in [4.69, 9.17) is 0 Å². The van der Waals surface area contributed by atoms with Crippen molar-refractivity contribution in [2.45, 2.75) is 56.5 Å². The van der Waals surface area contributed by atoms with Crippen LogP contribution >= 0.6 is 0 Å². The van der Waals surface area contributed by atoms with Gasteiger partial charge in [0.15, 0.2) is 0 Å². The van der Waals surface area contributed by atoms with Crippen molar-refractivity contribution in [3.05, 3.63) is 59.7 Å². The Morgan fingerprint density at radius 2 is 1.67 bits per heavy atom. The number of carbonyl (C=O) groups is 2. The quantitative estimate of drug-likeness (QED) is 0.690. The van der Waals surface area contributed by atoms with E-state index in [-0.39, 0.29) is 36.4 Å². The minimum absolute atomic E-state index is 0.00481.